The highest BCUT2D eigenvalue weighted by Crippen LogP contribution is 2.20. The molecule has 0 spiro atoms. The smallest absolute Gasteiger partial charge is 0.401 e. The third kappa shape index (κ3) is 20.3. The molecule has 2 atom stereocenters. The van der Waals surface area contributed by atoms with E-state index in [0.717, 1.165) is 24.0 Å². The van der Waals surface area contributed by atoms with Gasteiger partial charge >= 0.3 is 17.9 Å². The number of rotatable bonds is 27. The maximum atomic E-state index is 10.8. The predicted octanol–water partition coefficient (Wildman–Crippen LogP) is 5.53. The third-order valence-electron chi connectivity index (χ3n) is 7.07. The molecule has 7 nitrogen and oxygen atoms in total. The molecule has 0 saturated heterocycles. The topological polar surface area (TPSA) is 77.4 Å². The van der Waals surface area contributed by atoms with Gasteiger partial charge in [-0.3, -0.25) is 0 Å². The fraction of sp³-hybridized carbons (Fsp3) is 1.00. The molecule has 0 bridgehead atoms. The Morgan fingerprint density at radius 1 is 0.639 bits per heavy atom. The summed E-state index contributed by atoms with van der Waals surface area (Å²) < 4.78 is 22.1. The van der Waals surface area contributed by atoms with E-state index < -0.39 is 27.6 Å². The summed E-state index contributed by atoms with van der Waals surface area (Å²) in [4.78, 5) is 21.1. The van der Waals surface area contributed by atoms with Crippen molar-refractivity contribution in [1.82, 2.24) is 0 Å². The van der Waals surface area contributed by atoms with Crippen molar-refractivity contribution in [3.63, 3.8) is 0 Å². The van der Waals surface area contributed by atoms with Crippen LogP contribution in [-0.4, -0.2) is 83.1 Å². The van der Waals surface area contributed by atoms with Gasteiger partial charge in [-0.05, 0) is 12.8 Å². The lowest BCUT2D eigenvalue weighted by Gasteiger charge is -2.32. The van der Waals surface area contributed by atoms with E-state index in [1.54, 1.807) is 0 Å². The first-order valence-electron chi connectivity index (χ1n) is 14.9. The highest BCUT2D eigenvalue weighted by molar-refractivity contribution is 6.72. The van der Waals surface area contributed by atoms with Crippen LogP contribution in [0.1, 0.15) is 116 Å². The third-order valence-corrected chi connectivity index (χ3v) is 14.1. The predicted molar refractivity (Wildman–Crippen MR) is 157 cm³/mol. The summed E-state index contributed by atoms with van der Waals surface area (Å²) in [5.74, 6) is 0. The zero-order valence-electron chi connectivity index (χ0n) is 24.8. The van der Waals surface area contributed by atoms with Crippen molar-refractivity contribution >= 4 is 27.6 Å². The molecule has 0 fully saturated rings. The zero-order chi connectivity index (χ0) is 27.2. The lowest BCUT2D eigenvalue weighted by atomic mass is 10.0. The van der Waals surface area contributed by atoms with E-state index in [-0.39, 0.29) is 0 Å². The minimum Gasteiger partial charge on any atom is -0.401 e. The van der Waals surface area contributed by atoms with Gasteiger partial charge in [0.25, 0.3) is 0 Å². The van der Waals surface area contributed by atoms with Crippen LogP contribution in [0, 0.1) is 0 Å². The minimum atomic E-state index is -3.79. The van der Waals surface area contributed by atoms with Gasteiger partial charge in [0, 0.05) is 26.7 Å². The molecule has 0 aliphatic heterocycles. The fourth-order valence-corrected chi connectivity index (χ4v) is 10.8. The molecule has 0 aromatic carbocycles. The van der Waals surface area contributed by atoms with Crippen molar-refractivity contribution < 1.29 is 31.2 Å². The van der Waals surface area contributed by atoms with Crippen LogP contribution in [0.3, 0.4) is 0 Å². The van der Waals surface area contributed by atoms with Crippen LogP contribution >= 0.6 is 0 Å². The fourth-order valence-electron chi connectivity index (χ4n) is 4.64. The van der Waals surface area contributed by atoms with Crippen molar-refractivity contribution in [1.29, 1.82) is 0 Å². The van der Waals surface area contributed by atoms with Crippen LogP contribution in [0.4, 0.5) is 0 Å². The average molecular weight is 569 g/mol. The molecule has 2 N–H and O–H groups in total. The van der Waals surface area contributed by atoms with Crippen LogP contribution in [0.15, 0.2) is 0 Å². The van der Waals surface area contributed by atoms with Gasteiger partial charge in [0.2, 0.25) is 0 Å². The Morgan fingerprint density at radius 3 is 1.44 bits per heavy atom. The van der Waals surface area contributed by atoms with Crippen LogP contribution in [0.2, 0.25) is 12.6 Å². The molecule has 0 heterocycles. The van der Waals surface area contributed by atoms with Gasteiger partial charge < -0.3 is 31.2 Å². The van der Waals surface area contributed by atoms with E-state index in [9.17, 15) is 9.59 Å². The van der Waals surface area contributed by atoms with Crippen molar-refractivity contribution in [3.8, 4) is 0 Å². The average Bonchev–Trinajstić information content (AvgIpc) is 2.83. The van der Waals surface area contributed by atoms with E-state index in [0.29, 0.717) is 6.04 Å². The normalized spacial score (nSPS) is 16.0. The second-order valence-electron chi connectivity index (χ2n) is 11.0. The maximum absolute atomic E-state index is 10.8. The first-order chi connectivity index (χ1) is 17.2. The van der Waals surface area contributed by atoms with Gasteiger partial charge in [-0.25, -0.2) is 0 Å². The Bertz CT molecular complexity index is 506. The number of hydrogen-bond donors (Lipinski definition) is 2. The Kier molecular flexibility index (Phi) is 22.4. The second kappa shape index (κ2) is 22.2. The molecule has 0 aliphatic carbocycles. The summed E-state index contributed by atoms with van der Waals surface area (Å²) in [5, 5.41) is 0. The molecule has 0 aromatic heterocycles. The van der Waals surface area contributed by atoms with Crippen molar-refractivity contribution in [2.45, 2.75) is 129 Å². The maximum Gasteiger partial charge on any atom is 0.658 e. The van der Waals surface area contributed by atoms with E-state index in [1.165, 1.54) is 117 Å². The quantitative estimate of drug-likeness (QED) is 0.0771. The Labute approximate surface area is 228 Å². The summed E-state index contributed by atoms with van der Waals surface area (Å²) in [7, 11) is -0.985. The molecule has 36 heavy (non-hydrogen) atoms. The van der Waals surface area contributed by atoms with E-state index >= 15 is 0 Å². The molecule has 0 amide bonds. The molecular weight excluding hydrogens is 507 g/mol. The molecule has 0 radical (unpaired) electrons. The SMILES string of the molecule is CCCCCCCCCCCCCCCCCC[N+](C)(C)CCC[Si](O)(OC)O[Si](O)(OC)O[SiH2]C. The van der Waals surface area contributed by atoms with Gasteiger partial charge in [-0.1, -0.05) is 103 Å². The van der Waals surface area contributed by atoms with E-state index in [2.05, 4.69) is 21.0 Å². The Balaban J connectivity index is 3.78. The summed E-state index contributed by atoms with van der Waals surface area (Å²) in [5.41, 5.74) is 0. The lowest BCUT2D eigenvalue weighted by Crippen LogP contribution is -2.57. The van der Waals surface area contributed by atoms with Crippen LogP contribution in [0.5, 0.6) is 0 Å². The van der Waals surface area contributed by atoms with Crippen molar-refractivity contribution in [3.05, 3.63) is 0 Å². The molecule has 0 aromatic rings. The van der Waals surface area contributed by atoms with Crippen molar-refractivity contribution in [2.75, 3.05) is 41.4 Å². The number of quaternary nitrogens is 1. The van der Waals surface area contributed by atoms with Gasteiger partial charge in [0.05, 0.1) is 27.2 Å². The molecular formula is C26H62NO6Si3+. The highest BCUT2D eigenvalue weighted by atomic mass is 28.5. The van der Waals surface area contributed by atoms with Crippen LogP contribution in [-0.2, 0) is 17.1 Å². The number of unbranched alkanes of at least 4 members (excludes halogenated alkanes) is 15. The second-order valence-corrected chi connectivity index (χ2v) is 17.3. The van der Waals surface area contributed by atoms with Crippen molar-refractivity contribution in [2.24, 2.45) is 0 Å². The van der Waals surface area contributed by atoms with Gasteiger partial charge in [-0.2, -0.15) is 0 Å². The highest BCUT2D eigenvalue weighted by Gasteiger charge is 2.51. The Hall–Kier alpha value is 0.371. The van der Waals surface area contributed by atoms with E-state index in [4.69, 9.17) is 17.1 Å². The molecule has 0 rings (SSSR count). The summed E-state index contributed by atoms with van der Waals surface area (Å²) in [6.07, 6.45) is 23.0. The largest absolute Gasteiger partial charge is 0.658 e. The zero-order valence-corrected chi connectivity index (χ0v) is 28.2. The first kappa shape index (κ1) is 36.4. The van der Waals surface area contributed by atoms with E-state index in [1.807, 2.05) is 6.55 Å². The lowest BCUT2D eigenvalue weighted by molar-refractivity contribution is -0.890. The molecule has 0 aliphatic rings. The molecule has 0 saturated carbocycles. The van der Waals surface area contributed by atoms with Gasteiger partial charge in [0.1, 0.15) is 0 Å². The number of nitrogens with zero attached hydrogens (tertiary/aromatic N) is 1. The molecule has 2 unspecified atom stereocenters. The van der Waals surface area contributed by atoms with Gasteiger partial charge in [0.15, 0.2) is 9.76 Å². The van der Waals surface area contributed by atoms with Crippen LogP contribution < -0.4 is 0 Å². The minimum absolute atomic E-state index is 0.386. The van der Waals surface area contributed by atoms with Gasteiger partial charge in [-0.15, -0.1) is 0 Å². The summed E-state index contributed by atoms with van der Waals surface area (Å²) in [6, 6.07) is 0.386. The number of hydrogen-bond acceptors (Lipinski definition) is 6. The first-order valence-corrected chi connectivity index (χ1v) is 20.5. The monoisotopic (exact) mass is 568 g/mol. The standard InChI is InChI=1S/C26H62NO6Si3/c1-7-8-9-10-11-12-13-14-15-16-17-18-19-20-21-22-24-27(2,3)25-23-26-35(28,30-4)33-36(29,31-5)32-34-6/h28-29H,7-26,34H2,1-6H3/q+1. The summed E-state index contributed by atoms with van der Waals surface area (Å²) >= 11 is 0. The van der Waals surface area contributed by atoms with Crippen LogP contribution in [0.25, 0.3) is 0 Å². The Morgan fingerprint density at radius 2 is 1.06 bits per heavy atom. The summed E-state index contributed by atoms with van der Waals surface area (Å²) in [6.45, 7) is 6.23. The molecule has 10 heteroatoms. The molecule has 218 valence electrons.